The maximum atomic E-state index is 10.2. The van der Waals surface area contributed by atoms with E-state index in [-0.39, 0.29) is 5.75 Å². The molecule has 2 aliphatic rings. The van der Waals surface area contributed by atoms with Gasteiger partial charge in [-0.15, -0.1) is 10.2 Å². The number of nitrogens with two attached hydrogens (primary N) is 1. The maximum absolute atomic E-state index is 10.2. The number of para-hydroxylation sites is 1. The van der Waals surface area contributed by atoms with Crippen LogP contribution in [0.3, 0.4) is 0 Å². The van der Waals surface area contributed by atoms with Crippen molar-refractivity contribution in [1.82, 2.24) is 25.1 Å². The van der Waals surface area contributed by atoms with Crippen LogP contribution in [-0.4, -0.2) is 89.2 Å². The summed E-state index contributed by atoms with van der Waals surface area (Å²) in [5.74, 6) is 8.26. The second-order valence-corrected chi connectivity index (χ2v) is 8.77. The molecule has 3 aromatic rings. The number of anilines is 3. The average Bonchev–Trinajstić information content (AvgIpc) is 3.17. The molecule has 4 heterocycles. The second kappa shape index (κ2) is 11.2. The Morgan fingerprint density at radius 3 is 2.64 bits per heavy atom. The minimum atomic E-state index is 0.164. The summed E-state index contributed by atoms with van der Waals surface area (Å²) in [7, 11) is 0. The highest BCUT2D eigenvalue weighted by molar-refractivity contribution is 5.74. The Bertz CT molecular complexity index is 1250. The van der Waals surface area contributed by atoms with Crippen molar-refractivity contribution in [3.63, 3.8) is 0 Å². The number of phenolic OH excluding ortho intramolecular Hbond substituents is 1. The van der Waals surface area contributed by atoms with Crippen LogP contribution in [0.25, 0.3) is 11.3 Å². The fourth-order valence-electron chi connectivity index (χ4n) is 4.43. The van der Waals surface area contributed by atoms with Crippen molar-refractivity contribution in [2.24, 2.45) is 0 Å². The molecule has 0 spiro atoms. The van der Waals surface area contributed by atoms with Crippen molar-refractivity contribution in [1.29, 1.82) is 0 Å². The van der Waals surface area contributed by atoms with Crippen LogP contribution in [0, 0.1) is 11.8 Å². The Morgan fingerprint density at radius 2 is 1.78 bits per heavy atom. The molecule has 0 atom stereocenters. The lowest BCUT2D eigenvalue weighted by atomic mass is 10.1. The third-order valence-corrected chi connectivity index (χ3v) is 6.39. The van der Waals surface area contributed by atoms with E-state index in [2.05, 4.69) is 41.7 Å². The van der Waals surface area contributed by atoms with Gasteiger partial charge in [0.15, 0.2) is 5.82 Å². The molecule has 10 heteroatoms. The van der Waals surface area contributed by atoms with Crippen molar-refractivity contribution in [2.45, 2.75) is 6.42 Å². The molecule has 0 amide bonds. The van der Waals surface area contributed by atoms with Crippen LogP contribution in [0.5, 0.6) is 5.75 Å². The largest absolute Gasteiger partial charge is 0.507 e. The van der Waals surface area contributed by atoms with Gasteiger partial charge in [-0.1, -0.05) is 18.1 Å². The maximum Gasteiger partial charge on any atom is 0.206 e. The van der Waals surface area contributed by atoms with E-state index < -0.39 is 0 Å². The number of nitrogen functional groups attached to an aromatic ring is 1. The van der Waals surface area contributed by atoms with Gasteiger partial charge >= 0.3 is 0 Å². The van der Waals surface area contributed by atoms with E-state index >= 15 is 0 Å². The predicted octanol–water partition coefficient (Wildman–Crippen LogP) is 1.62. The van der Waals surface area contributed by atoms with Crippen LogP contribution >= 0.6 is 0 Å². The summed E-state index contributed by atoms with van der Waals surface area (Å²) >= 11 is 0. The minimum absolute atomic E-state index is 0.164. The quantitative estimate of drug-likeness (QED) is 0.527. The summed E-state index contributed by atoms with van der Waals surface area (Å²) in [5.41, 5.74) is 8.26. The van der Waals surface area contributed by atoms with Crippen molar-refractivity contribution in [3.05, 3.63) is 48.4 Å². The molecule has 1 aromatic carbocycles. The third-order valence-electron chi connectivity index (χ3n) is 6.39. The molecule has 0 radical (unpaired) electrons. The van der Waals surface area contributed by atoms with Crippen LogP contribution < -0.4 is 15.5 Å². The molecule has 2 fully saturated rings. The van der Waals surface area contributed by atoms with Gasteiger partial charge in [0.05, 0.1) is 31.1 Å². The molecule has 36 heavy (non-hydrogen) atoms. The first kappa shape index (κ1) is 23.8. The minimum Gasteiger partial charge on any atom is -0.507 e. The van der Waals surface area contributed by atoms with Crippen LogP contribution in [0.15, 0.2) is 42.6 Å². The first-order valence-corrected chi connectivity index (χ1v) is 12.2. The van der Waals surface area contributed by atoms with Crippen molar-refractivity contribution in [3.8, 4) is 28.8 Å². The number of hydrogen-bond acceptors (Lipinski definition) is 10. The zero-order valence-corrected chi connectivity index (χ0v) is 20.2. The first-order valence-electron chi connectivity index (χ1n) is 12.2. The third kappa shape index (κ3) is 5.64. The van der Waals surface area contributed by atoms with E-state index in [1.54, 1.807) is 18.3 Å². The topological polar surface area (TPSA) is 117 Å². The Kier molecular flexibility index (Phi) is 7.40. The predicted molar refractivity (Wildman–Crippen MR) is 139 cm³/mol. The molecular weight excluding hydrogens is 456 g/mol. The monoisotopic (exact) mass is 486 g/mol. The number of benzene rings is 1. The summed E-state index contributed by atoms with van der Waals surface area (Å²) in [5, 5.41) is 18.6. The van der Waals surface area contributed by atoms with Gasteiger partial charge in [-0.2, -0.15) is 0 Å². The van der Waals surface area contributed by atoms with Gasteiger partial charge in [0.25, 0.3) is 0 Å². The lowest BCUT2D eigenvalue weighted by Gasteiger charge is -2.25. The van der Waals surface area contributed by atoms with Crippen LogP contribution in [0.1, 0.15) is 12.2 Å². The van der Waals surface area contributed by atoms with E-state index in [0.717, 1.165) is 70.4 Å². The summed E-state index contributed by atoms with van der Waals surface area (Å²) in [6.07, 6.45) is 2.70. The SMILES string of the molecule is Nc1nnc(-c2ccccc2O)cc1N1CCCN(c2ccnc(C#CCN3CCOCC3)n2)CC1. The van der Waals surface area contributed by atoms with Crippen molar-refractivity contribution < 1.29 is 9.84 Å². The van der Waals surface area contributed by atoms with Gasteiger partial charge < -0.3 is 25.4 Å². The number of hydrogen-bond donors (Lipinski definition) is 2. The molecule has 10 nitrogen and oxygen atoms in total. The molecule has 2 saturated heterocycles. The molecule has 5 rings (SSSR count). The van der Waals surface area contributed by atoms with Crippen LogP contribution in [0.4, 0.5) is 17.3 Å². The number of rotatable bonds is 4. The number of aromatic hydroxyl groups is 1. The molecule has 0 saturated carbocycles. The highest BCUT2D eigenvalue weighted by Gasteiger charge is 2.20. The Hall–Kier alpha value is -3.94. The molecule has 2 aromatic heterocycles. The number of ether oxygens (including phenoxy) is 1. The molecule has 0 aliphatic carbocycles. The summed E-state index contributed by atoms with van der Waals surface area (Å²) in [6, 6.07) is 10.9. The van der Waals surface area contributed by atoms with Gasteiger partial charge in [-0.3, -0.25) is 4.90 Å². The van der Waals surface area contributed by atoms with E-state index in [1.807, 2.05) is 24.3 Å². The fraction of sp³-hybridized carbons (Fsp3) is 0.385. The number of phenols is 1. The number of aromatic nitrogens is 4. The smallest absolute Gasteiger partial charge is 0.206 e. The molecule has 186 valence electrons. The van der Waals surface area contributed by atoms with E-state index in [4.69, 9.17) is 15.5 Å². The Labute approximate surface area is 210 Å². The van der Waals surface area contributed by atoms with Crippen LogP contribution in [-0.2, 0) is 4.74 Å². The summed E-state index contributed by atoms with van der Waals surface area (Å²) in [4.78, 5) is 15.8. The number of morpholine rings is 1. The van der Waals surface area contributed by atoms with E-state index in [0.29, 0.717) is 29.4 Å². The highest BCUT2D eigenvalue weighted by atomic mass is 16.5. The first-order chi connectivity index (χ1) is 17.7. The van der Waals surface area contributed by atoms with Crippen molar-refractivity contribution >= 4 is 17.3 Å². The lowest BCUT2D eigenvalue weighted by Crippen LogP contribution is -2.36. The number of nitrogens with zero attached hydrogens (tertiary/aromatic N) is 7. The standard InChI is InChI=1S/C26H30N8O2/c27-26-22(19-21(30-31-26)20-5-1-2-6-23(20)35)33-11-4-12-34(14-13-33)25-8-9-28-24(29-25)7-3-10-32-15-17-36-18-16-32/h1-2,5-6,8-9,19,35H,4,10-18H2,(H2,27,31). The lowest BCUT2D eigenvalue weighted by molar-refractivity contribution is 0.0443. The fourth-order valence-corrected chi connectivity index (χ4v) is 4.43. The van der Waals surface area contributed by atoms with E-state index in [9.17, 15) is 5.11 Å². The molecule has 0 unspecified atom stereocenters. The van der Waals surface area contributed by atoms with Crippen molar-refractivity contribution in [2.75, 3.05) is 74.6 Å². The summed E-state index contributed by atoms with van der Waals surface area (Å²) in [6.45, 7) is 7.23. The van der Waals surface area contributed by atoms with Gasteiger partial charge in [0.1, 0.15) is 11.6 Å². The zero-order valence-electron chi connectivity index (χ0n) is 20.2. The Balaban J connectivity index is 1.27. The van der Waals surface area contributed by atoms with Gasteiger partial charge in [-0.25, -0.2) is 9.97 Å². The zero-order chi connectivity index (χ0) is 24.7. The average molecular weight is 487 g/mol. The second-order valence-electron chi connectivity index (χ2n) is 8.77. The van der Waals surface area contributed by atoms with E-state index in [1.165, 1.54) is 0 Å². The molecule has 0 bridgehead atoms. The van der Waals surface area contributed by atoms with Gasteiger partial charge in [0.2, 0.25) is 5.82 Å². The summed E-state index contributed by atoms with van der Waals surface area (Å²) < 4.78 is 5.38. The van der Waals surface area contributed by atoms with Gasteiger partial charge in [-0.05, 0) is 36.6 Å². The normalized spacial score (nSPS) is 16.8. The van der Waals surface area contributed by atoms with Gasteiger partial charge in [0, 0.05) is 51.0 Å². The molecule has 2 aliphatic heterocycles. The molecule has 3 N–H and O–H groups in total. The Morgan fingerprint density at radius 1 is 0.972 bits per heavy atom. The molecular formula is C26H30N8O2. The highest BCUT2D eigenvalue weighted by Crippen LogP contribution is 2.31. The van der Waals surface area contributed by atoms with Crippen LogP contribution in [0.2, 0.25) is 0 Å².